The van der Waals surface area contributed by atoms with Crippen LogP contribution in [0.1, 0.15) is 26.2 Å². The van der Waals surface area contributed by atoms with E-state index in [4.69, 9.17) is 5.11 Å². The number of halogens is 3. The Morgan fingerprint density at radius 3 is 2.56 bits per heavy atom. The van der Waals surface area contributed by atoms with E-state index in [0.717, 1.165) is 19.3 Å². The van der Waals surface area contributed by atoms with Gasteiger partial charge in [0.25, 0.3) is 0 Å². The Hall–Kier alpha value is -0.780. The Kier molecular flexibility index (Phi) is 4.18. The van der Waals surface area contributed by atoms with Gasteiger partial charge in [-0.15, -0.1) is 0 Å². The number of rotatable bonds is 3. The molecule has 0 amide bonds. The van der Waals surface area contributed by atoms with Crippen LogP contribution in [-0.4, -0.2) is 41.3 Å². The lowest BCUT2D eigenvalue weighted by Crippen LogP contribution is -2.46. The molecular weight excluding hydrogens is 223 g/mol. The third-order valence-corrected chi connectivity index (χ3v) is 3.05. The summed E-state index contributed by atoms with van der Waals surface area (Å²) in [5.41, 5.74) is 0. The van der Waals surface area contributed by atoms with Crippen molar-refractivity contribution in [1.82, 2.24) is 4.90 Å². The fourth-order valence-corrected chi connectivity index (χ4v) is 1.98. The Morgan fingerprint density at radius 1 is 1.50 bits per heavy atom. The summed E-state index contributed by atoms with van der Waals surface area (Å²) in [4.78, 5) is 12.2. The zero-order chi connectivity index (χ0) is 12.3. The van der Waals surface area contributed by atoms with E-state index in [1.165, 1.54) is 0 Å². The van der Waals surface area contributed by atoms with Gasteiger partial charge in [-0.25, -0.2) is 0 Å². The third-order valence-electron chi connectivity index (χ3n) is 3.05. The summed E-state index contributed by atoms with van der Waals surface area (Å²) in [5, 5.41) is 8.58. The molecule has 1 fully saturated rings. The largest absolute Gasteiger partial charge is 0.481 e. The van der Waals surface area contributed by atoms with Crippen LogP contribution in [0.15, 0.2) is 0 Å². The number of hydrogen-bond acceptors (Lipinski definition) is 2. The Morgan fingerprint density at radius 2 is 2.12 bits per heavy atom. The van der Waals surface area contributed by atoms with E-state index < -0.39 is 24.6 Å². The summed E-state index contributed by atoms with van der Waals surface area (Å²) in [6, 6.07) is 0.0398. The first-order chi connectivity index (χ1) is 7.32. The van der Waals surface area contributed by atoms with Crippen LogP contribution in [0.5, 0.6) is 0 Å². The first kappa shape index (κ1) is 13.3. The van der Waals surface area contributed by atoms with Crippen molar-refractivity contribution in [2.24, 2.45) is 5.92 Å². The van der Waals surface area contributed by atoms with Crippen LogP contribution >= 0.6 is 0 Å². The minimum Gasteiger partial charge on any atom is -0.481 e. The van der Waals surface area contributed by atoms with Crippen molar-refractivity contribution in [2.45, 2.75) is 38.4 Å². The lowest BCUT2D eigenvalue weighted by atomic mass is 10.0. The van der Waals surface area contributed by atoms with Crippen LogP contribution in [0, 0.1) is 5.92 Å². The average Bonchev–Trinajstić information content (AvgIpc) is 2.14. The van der Waals surface area contributed by atoms with Crippen LogP contribution in [0.2, 0.25) is 0 Å². The maximum absolute atomic E-state index is 12.4. The molecule has 0 spiro atoms. The van der Waals surface area contributed by atoms with E-state index in [1.807, 2.05) is 6.92 Å². The lowest BCUT2D eigenvalue weighted by Gasteiger charge is -2.35. The SMILES string of the molecule is CC1CCCCN1CC(C(=O)O)C(F)(F)F. The summed E-state index contributed by atoms with van der Waals surface area (Å²) < 4.78 is 37.3. The molecule has 1 rings (SSSR count). The molecule has 94 valence electrons. The van der Waals surface area contributed by atoms with Crippen LogP contribution < -0.4 is 0 Å². The minimum atomic E-state index is -4.66. The van der Waals surface area contributed by atoms with Gasteiger partial charge >= 0.3 is 12.1 Å². The van der Waals surface area contributed by atoms with Gasteiger partial charge in [0, 0.05) is 12.6 Å². The molecule has 0 bridgehead atoms. The topological polar surface area (TPSA) is 40.5 Å². The van der Waals surface area contributed by atoms with Gasteiger partial charge in [-0.1, -0.05) is 6.42 Å². The summed E-state index contributed by atoms with van der Waals surface area (Å²) in [5.74, 6) is -4.06. The van der Waals surface area contributed by atoms with Crippen molar-refractivity contribution in [3.63, 3.8) is 0 Å². The Balaban J connectivity index is 2.64. The number of carboxylic acid groups (broad SMARTS) is 1. The van der Waals surface area contributed by atoms with Gasteiger partial charge in [-0.05, 0) is 26.3 Å². The molecule has 0 aromatic heterocycles. The molecule has 0 aromatic rings. The summed E-state index contributed by atoms with van der Waals surface area (Å²) in [7, 11) is 0. The zero-order valence-electron chi connectivity index (χ0n) is 9.13. The number of alkyl halides is 3. The lowest BCUT2D eigenvalue weighted by molar-refractivity contribution is -0.197. The number of carboxylic acids is 1. The standard InChI is InChI=1S/C10H16F3NO2/c1-7-4-2-3-5-14(7)6-8(9(15)16)10(11,12)13/h7-8H,2-6H2,1H3,(H,15,16). The van der Waals surface area contributed by atoms with Crippen molar-refractivity contribution in [2.75, 3.05) is 13.1 Å². The zero-order valence-corrected chi connectivity index (χ0v) is 9.13. The molecule has 1 saturated heterocycles. The summed E-state index contributed by atoms with van der Waals surface area (Å²) in [6.07, 6.45) is -1.98. The molecule has 1 aliphatic heterocycles. The molecule has 0 aromatic carbocycles. The second-order valence-electron chi connectivity index (χ2n) is 4.27. The molecule has 0 saturated carbocycles. The van der Waals surface area contributed by atoms with E-state index in [1.54, 1.807) is 4.90 Å². The molecular formula is C10H16F3NO2. The van der Waals surface area contributed by atoms with Crippen molar-refractivity contribution >= 4 is 5.97 Å². The number of likely N-dealkylation sites (tertiary alicyclic amines) is 1. The molecule has 1 heterocycles. The highest BCUT2D eigenvalue weighted by Gasteiger charge is 2.46. The van der Waals surface area contributed by atoms with Gasteiger partial charge in [0.15, 0.2) is 5.92 Å². The van der Waals surface area contributed by atoms with Crippen LogP contribution in [0.3, 0.4) is 0 Å². The molecule has 6 heteroatoms. The van der Waals surface area contributed by atoms with Gasteiger partial charge < -0.3 is 5.11 Å². The van der Waals surface area contributed by atoms with Crippen molar-refractivity contribution < 1.29 is 23.1 Å². The minimum absolute atomic E-state index is 0.0398. The molecule has 3 nitrogen and oxygen atoms in total. The van der Waals surface area contributed by atoms with Crippen molar-refractivity contribution in [3.05, 3.63) is 0 Å². The van der Waals surface area contributed by atoms with Crippen molar-refractivity contribution in [1.29, 1.82) is 0 Å². The summed E-state index contributed by atoms with van der Waals surface area (Å²) in [6.45, 7) is 1.97. The van der Waals surface area contributed by atoms with Gasteiger partial charge in [-0.2, -0.15) is 13.2 Å². The predicted molar refractivity (Wildman–Crippen MR) is 52.1 cm³/mol. The van der Waals surface area contributed by atoms with Gasteiger partial charge in [0.05, 0.1) is 0 Å². The third kappa shape index (κ3) is 3.37. The maximum Gasteiger partial charge on any atom is 0.403 e. The number of carbonyl (C=O) groups is 1. The highest BCUT2D eigenvalue weighted by atomic mass is 19.4. The molecule has 1 aliphatic rings. The van der Waals surface area contributed by atoms with E-state index in [-0.39, 0.29) is 6.04 Å². The fourth-order valence-electron chi connectivity index (χ4n) is 1.98. The highest BCUT2D eigenvalue weighted by Crippen LogP contribution is 2.29. The number of piperidine rings is 1. The van der Waals surface area contributed by atoms with E-state index in [2.05, 4.69) is 0 Å². The van der Waals surface area contributed by atoms with Crippen LogP contribution in [0.4, 0.5) is 13.2 Å². The predicted octanol–water partition coefficient (Wildman–Crippen LogP) is 2.12. The van der Waals surface area contributed by atoms with Gasteiger partial charge in [0.1, 0.15) is 0 Å². The molecule has 0 radical (unpaired) electrons. The van der Waals surface area contributed by atoms with E-state index in [9.17, 15) is 18.0 Å². The quantitative estimate of drug-likeness (QED) is 0.820. The first-order valence-corrected chi connectivity index (χ1v) is 5.36. The Bertz CT molecular complexity index is 255. The first-order valence-electron chi connectivity index (χ1n) is 5.36. The number of nitrogens with zero attached hydrogens (tertiary/aromatic N) is 1. The van der Waals surface area contributed by atoms with E-state index >= 15 is 0 Å². The smallest absolute Gasteiger partial charge is 0.403 e. The summed E-state index contributed by atoms with van der Waals surface area (Å²) >= 11 is 0. The van der Waals surface area contributed by atoms with Gasteiger partial charge in [-0.3, -0.25) is 9.69 Å². The molecule has 1 N–H and O–H groups in total. The average molecular weight is 239 g/mol. The monoisotopic (exact) mass is 239 g/mol. The number of hydrogen-bond donors (Lipinski definition) is 1. The molecule has 16 heavy (non-hydrogen) atoms. The fraction of sp³-hybridized carbons (Fsp3) is 0.900. The van der Waals surface area contributed by atoms with E-state index in [0.29, 0.717) is 6.54 Å². The highest BCUT2D eigenvalue weighted by molar-refractivity contribution is 5.71. The normalized spacial score (nSPS) is 25.4. The maximum atomic E-state index is 12.4. The second-order valence-corrected chi connectivity index (χ2v) is 4.27. The molecule has 2 atom stereocenters. The van der Waals surface area contributed by atoms with Crippen LogP contribution in [0.25, 0.3) is 0 Å². The van der Waals surface area contributed by atoms with Gasteiger partial charge in [0.2, 0.25) is 0 Å². The molecule has 2 unspecified atom stereocenters. The molecule has 0 aliphatic carbocycles. The van der Waals surface area contributed by atoms with Crippen LogP contribution in [-0.2, 0) is 4.79 Å². The second kappa shape index (κ2) is 5.03. The Labute approximate surface area is 92.2 Å². The number of aliphatic carboxylic acids is 1. The van der Waals surface area contributed by atoms with Crippen molar-refractivity contribution in [3.8, 4) is 0 Å².